The second-order valence-corrected chi connectivity index (χ2v) is 3.23. The number of methoxy groups -OCH3 is 1. The molecule has 14 heavy (non-hydrogen) atoms. The first-order valence-corrected chi connectivity index (χ1v) is 4.37. The van der Waals surface area contributed by atoms with Crippen LogP contribution in [0.25, 0.3) is 0 Å². The monoisotopic (exact) mass is 204 g/mol. The van der Waals surface area contributed by atoms with Crippen molar-refractivity contribution in [3.63, 3.8) is 0 Å². The maximum atomic E-state index is 11.1. The van der Waals surface area contributed by atoms with Crippen molar-refractivity contribution in [1.29, 1.82) is 0 Å². The first-order chi connectivity index (χ1) is 6.72. The van der Waals surface area contributed by atoms with Crippen LogP contribution in [0.5, 0.6) is 0 Å². The molecule has 2 heterocycles. The largest absolute Gasteiger partial charge is 0.465 e. The average molecular weight is 204 g/mol. The van der Waals surface area contributed by atoms with E-state index in [1.807, 2.05) is 0 Å². The summed E-state index contributed by atoms with van der Waals surface area (Å²) in [5, 5.41) is 9.44. The number of carbonyl (C=O) groups is 1. The zero-order valence-electron chi connectivity index (χ0n) is 7.71. The van der Waals surface area contributed by atoms with E-state index in [-0.39, 0.29) is 19.3 Å². The van der Waals surface area contributed by atoms with Gasteiger partial charge in [-0.1, -0.05) is 0 Å². The highest BCUT2D eigenvalue weighted by molar-refractivity contribution is 5.73. The van der Waals surface area contributed by atoms with Crippen molar-refractivity contribution >= 4 is 5.97 Å². The molecule has 0 saturated carbocycles. The summed E-state index contributed by atoms with van der Waals surface area (Å²) in [5.41, 5.74) is 0. The Balaban J connectivity index is 1.98. The lowest BCUT2D eigenvalue weighted by Gasteiger charge is -2.30. The molecule has 0 aliphatic carbocycles. The van der Waals surface area contributed by atoms with Gasteiger partial charge in [0.25, 0.3) is 6.29 Å². The summed E-state index contributed by atoms with van der Waals surface area (Å²) in [6.07, 6.45) is -2.52. The molecular weight excluding hydrogens is 192 g/mol. The normalized spacial score (nSPS) is 41.9. The second-order valence-electron chi connectivity index (χ2n) is 3.23. The van der Waals surface area contributed by atoms with Crippen molar-refractivity contribution in [3.8, 4) is 0 Å². The molecule has 0 radical (unpaired) electrons. The molecule has 80 valence electrons. The van der Waals surface area contributed by atoms with Crippen LogP contribution in [0.3, 0.4) is 0 Å². The highest BCUT2D eigenvalue weighted by Crippen LogP contribution is 2.24. The Kier molecular flexibility index (Phi) is 2.69. The first-order valence-electron chi connectivity index (χ1n) is 4.37. The van der Waals surface area contributed by atoms with Crippen LogP contribution in [-0.4, -0.2) is 56.0 Å². The fraction of sp³-hybridized carbons (Fsp3) is 0.875. The van der Waals surface area contributed by atoms with Gasteiger partial charge in [-0.05, 0) is 0 Å². The number of carbonyl (C=O) groups excluding carboxylic acids is 1. The number of ether oxygens (including phenoxy) is 4. The van der Waals surface area contributed by atoms with Gasteiger partial charge >= 0.3 is 5.97 Å². The molecule has 2 rings (SSSR count). The van der Waals surface area contributed by atoms with Crippen molar-refractivity contribution in [2.45, 2.75) is 24.6 Å². The van der Waals surface area contributed by atoms with Gasteiger partial charge in [-0.2, -0.15) is 0 Å². The molecule has 1 N–H and O–H groups in total. The highest BCUT2D eigenvalue weighted by Gasteiger charge is 2.44. The third-order valence-electron chi connectivity index (χ3n) is 2.31. The summed E-state index contributed by atoms with van der Waals surface area (Å²) in [6.45, 7) is 0.452. The van der Waals surface area contributed by atoms with Crippen molar-refractivity contribution in [2.75, 3.05) is 20.3 Å². The van der Waals surface area contributed by atoms with E-state index in [0.29, 0.717) is 0 Å². The maximum absolute atomic E-state index is 11.1. The van der Waals surface area contributed by atoms with Gasteiger partial charge in [-0.25, -0.2) is 4.79 Å². The summed E-state index contributed by atoms with van der Waals surface area (Å²) in [7, 11) is 1.25. The number of fused-ring (bicyclic) bond motifs is 1. The minimum atomic E-state index is -1.04. The summed E-state index contributed by atoms with van der Waals surface area (Å²) < 4.78 is 19.9. The van der Waals surface area contributed by atoms with E-state index in [0.717, 1.165) is 0 Å². The van der Waals surface area contributed by atoms with Crippen LogP contribution < -0.4 is 0 Å². The lowest BCUT2D eigenvalue weighted by molar-refractivity contribution is -0.251. The van der Waals surface area contributed by atoms with Gasteiger partial charge in [0.1, 0.15) is 18.3 Å². The van der Waals surface area contributed by atoms with Gasteiger partial charge in [0.2, 0.25) is 0 Å². The van der Waals surface area contributed by atoms with Crippen LogP contribution >= 0.6 is 0 Å². The Morgan fingerprint density at radius 2 is 2.21 bits per heavy atom. The van der Waals surface area contributed by atoms with E-state index in [1.165, 1.54) is 7.11 Å². The minimum Gasteiger partial charge on any atom is -0.465 e. The molecular formula is C8H12O6. The SMILES string of the molecule is COC(=O)[C@H]1OC[C@@H]2OC[C@@H](O)[C@@H]2O1. The second kappa shape index (κ2) is 3.82. The molecule has 2 aliphatic heterocycles. The van der Waals surface area contributed by atoms with E-state index in [4.69, 9.17) is 14.2 Å². The number of rotatable bonds is 1. The fourth-order valence-electron chi connectivity index (χ4n) is 1.56. The zero-order valence-corrected chi connectivity index (χ0v) is 7.71. The molecule has 6 heteroatoms. The van der Waals surface area contributed by atoms with Crippen LogP contribution in [0.1, 0.15) is 0 Å². The van der Waals surface area contributed by atoms with E-state index >= 15 is 0 Å². The van der Waals surface area contributed by atoms with Crippen LogP contribution in [0.15, 0.2) is 0 Å². The molecule has 0 aromatic heterocycles. The quantitative estimate of drug-likeness (QED) is 0.533. The number of hydrogen-bond acceptors (Lipinski definition) is 6. The third kappa shape index (κ3) is 1.61. The van der Waals surface area contributed by atoms with Gasteiger partial charge in [0.15, 0.2) is 0 Å². The Morgan fingerprint density at radius 1 is 1.43 bits per heavy atom. The minimum absolute atomic E-state index is 0.215. The van der Waals surface area contributed by atoms with Gasteiger partial charge in [-0.15, -0.1) is 0 Å². The number of aliphatic hydroxyl groups excluding tert-OH is 1. The Morgan fingerprint density at radius 3 is 2.93 bits per heavy atom. The van der Waals surface area contributed by atoms with Crippen LogP contribution in [0, 0.1) is 0 Å². The van der Waals surface area contributed by atoms with E-state index < -0.39 is 24.5 Å². The zero-order chi connectivity index (χ0) is 10.1. The highest BCUT2D eigenvalue weighted by atomic mass is 16.7. The average Bonchev–Trinajstić information content (AvgIpc) is 2.59. The first kappa shape index (κ1) is 9.85. The molecule has 2 fully saturated rings. The molecule has 0 bridgehead atoms. The number of hydrogen-bond donors (Lipinski definition) is 1. The molecule has 0 amide bonds. The standard InChI is InChI=1S/C8H12O6/c1-11-7(10)8-13-3-5-6(14-8)4(9)2-12-5/h4-6,8-9H,2-3H2,1H3/t4-,5+,6+,8+/m1/s1. The van der Waals surface area contributed by atoms with Gasteiger partial charge in [0, 0.05) is 0 Å². The summed E-state index contributed by atoms with van der Waals surface area (Å²) >= 11 is 0. The van der Waals surface area contributed by atoms with E-state index in [1.54, 1.807) is 0 Å². The molecule has 4 atom stereocenters. The smallest absolute Gasteiger partial charge is 0.363 e. The van der Waals surface area contributed by atoms with Crippen LogP contribution in [-0.2, 0) is 23.7 Å². The molecule has 2 saturated heterocycles. The topological polar surface area (TPSA) is 74.2 Å². The predicted molar refractivity (Wildman–Crippen MR) is 42.4 cm³/mol. The number of aliphatic hydroxyl groups is 1. The van der Waals surface area contributed by atoms with Crippen molar-refractivity contribution in [1.82, 2.24) is 0 Å². The third-order valence-corrected chi connectivity index (χ3v) is 2.31. The van der Waals surface area contributed by atoms with Crippen molar-refractivity contribution in [2.24, 2.45) is 0 Å². The lowest BCUT2D eigenvalue weighted by atomic mass is 10.1. The molecule has 0 aromatic rings. The maximum Gasteiger partial charge on any atom is 0.363 e. The number of esters is 1. The van der Waals surface area contributed by atoms with Crippen LogP contribution in [0.2, 0.25) is 0 Å². The van der Waals surface area contributed by atoms with Gasteiger partial charge in [0.05, 0.1) is 20.3 Å². The molecule has 0 spiro atoms. The predicted octanol–water partition coefficient (Wildman–Crippen LogP) is -1.34. The summed E-state index contributed by atoms with van der Waals surface area (Å²) in [5.74, 6) is -0.595. The van der Waals surface area contributed by atoms with Crippen molar-refractivity contribution in [3.05, 3.63) is 0 Å². The molecule has 2 aliphatic rings. The molecule has 0 aromatic carbocycles. The molecule has 6 nitrogen and oxygen atoms in total. The van der Waals surface area contributed by atoms with E-state index in [2.05, 4.69) is 4.74 Å². The van der Waals surface area contributed by atoms with Gasteiger partial charge < -0.3 is 24.1 Å². The van der Waals surface area contributed by atoms with E-state index in [9.17, 15) is 9.90 Å². The van der Waals surface area contributed by atoms with Crippen molar-refractivity contribution < 1.29 is 28.8 Å². The summed E-state index contributed by atoms with van der Waals surface area (Å²) in [4.78, 5) is 11.1. The van der Waals surface area contributed by atoms with Gasteiger partial charge in [-0.3, -0.25) is 0 Å². The van der Waals surface area contributed by atoms with Crippen LogP contribution in [0.4, 0.5) is 0 Å². The Labute approximate surface area is 80.7 Å². The Hall–Kier alpha value is -0.690. The molecule has 0 unspecified atom stereocenters. The summed E-state index contributed by atoms with van der Waals surface area (Å²) in [6, 6.07) is 0. The Bertz CT molecular complexity index is 230. The lowest BCUT2D eigenvalue weighted by Crippen LogP contribution is -2.48. The fourth-order valence-corrected chi connectivity index (χ4v) is 1.56.